The van der Waals surface area contributed by atoms with E-state index in [-0.39, 0.29) is 25.9 Å². The van der Waals surface area contributed by atoms with Crippen molar-refractivity contribution in [1.29, 1.82) is 0 Å². The first-order valence-corrected chi connectivity index (χ1v) is 27.3. The van der Waals surface area contributed by atoms with E-state index in [1.165, 1.54) is 83.5 Å². The first-order chi connectivity index (χ1) is 33.6. The van der Waals surface area contributed by atoms with Gasteiger partial charge in [0.05, 0.1) is 6.61 Å². The summed E-state index contributed by atoms with van der Waals surface area (Å²) in [6.45, 7) is 5.78. The van der Waals surface area contributed by atoms with Gasteiger partial charge in [-0.25, -0.2) is 4.79 Å². The Bertz CT molecular complexity index is 1440. The standard InChI is InChI=1S/C57H96O12/c1-4-7-10-13-16-19-21-23-24-25-26-28-29-32-34-37-40-43-49(58)65-46-48(67-50(59)44-41-38-36-33-30-27-22-20-17-14-11-8-5-2)47-66-57-55(53(62)52(61)54(69-57)56(63)64)68-51(60)45-42-39-35-31-18-15-12-9-6-3/h7,10,16,19,23-24,26,28,32,34,48,52-55,57,61-62H,4-6,8-9,11-15,17-18,20-22,25,27,29-31,33,35-47H2,1-3H3,(H,63,64)/b10-7-,19-16-,24-23-,28-26-,34-32-. The van der Waals surface area contributed by atoms with Crippen LogP contribution in [-0.2, 0) is 42.9 Å². The van der Waals surface area contributed by atoms with Crippen LogP contribution < -0.4 is 0 Å². The summed E-state index contributed by atoms with van der Waals surface area (Å²) >= 11 is 0. The minimum atomic E-state index is -1.91. The van der Waals surface area contributed by atoms with Crippen molar-refractivity contribution in [2.75, 3.05) is 13.2 Å². The van der Waals surface area contributed by atoms with Crippen LogP contribution in [0.4, 0.5) is 0 Å². The lowest BCUT2D eigenvalue weighted by Crippen LogP contribution is -2.61. The lowest BCUT2D eigenvalue weighted by atomic mass is 9.98. The van der Waals surface area contributed by atoms with Gasteiger partial charge in [0, 0.05) is 19.3 Å². The molecule has 0 amide bonds. The van der Waals surface area contributed by atoms with Gasteiger partial charge in [0.15, 0.2) is 24.6 Å². The van der Waals surface area contributed by atoms with Gasteiger partial charge >= 0.3 is 23.9 Å². The van der Waals surface area contributed by atoms with Gasteiger partial charge in [-0.1, -0.05) is 210 Å². The van der Waals surface area contributed by atoms with Crippen molar-refractivity contribution in [3.05, 3.63) is 60.8 Å². The zero-order valence-electron chi connectivity index (χ0n) is 43.3. The van der Waals surface area contributed by atoms with E-state index < -0.39 is 67.3 Å². The van der Waals surface area contributed by atoms with Gasteiger partial charge < -0.3 is 39.0 Å². The molecule has 0 radical (unpaired) electrons. The van der Waals surface area contributed by atoms with E-state index in [4.69, 9.17) is 23.7 Å². The van der Waals surface area contributed by atoms with Crippen molar-refractivity contribution >= 4 is 23.9 Å². The average molecular weight is 973 g/mol. The molecule has 12 heteroatoms. The summed E-state index contributed by atoms with van der Waals surface area (Å²) in [5, 5.41) is 31.3. The maximum absolute atomic E-state index is 13.1. The van der Waals surface area contributed by atoms with Crippen LogP contribution in [0, 0.1) is 0 Å². The molecular formula is C57H96O12. The summed E-state index contributed by atoms with van der Waals surface area (Å²) in [6.07, 6.45) is 42.2. The molecule has 1 heterocycles. The molecule has 396 valence electrons. The van der Waals surface area contributed by atoms with Crippen LogP contribution in [0.1, 0.15) is 226 Å². The number of carboxylic acid groups (broad SMARTS) is 1. The third-order valence-electron chi connectivity index (χ3n) is 12.1. The second kappa shape index (κ2) is 45.6. The molecule has 0 aromatic rings. The zero-order chi connectivity index (χ0) is 50.4. The van der Waals surface area contributed by atoms with Gasteiger partial charge in [-0.05, 0) is 57.8 Å². The number of esters is 3. The monoisotopic (exact) mass is 973 g/mol. The van der Waals surface area contributed by atoms with E-state index in [0.29, 0.717) is 25.7 Å². The minimum absolute atomic E-state index is 0.0562. The predicted molar refractivity (Wildman–Crippen MR) is 275 cm³/mol. The van der Waals surface area contributed by atoms with Gasteiger partial charge in [-0.15, -0.1) is 0 Å². The van der Waals surface area contributed by atoms with Crippen LogP contribution in [0.2, 0.25) is 0 Å². The molecule has 69 heavy (non-hydrogen) atoms. The smallest absolute Gasteiger partial charge is 0.335 e. The van der Waals surface area contributed by atoms with Crippen LogP contribution >= 0.6 is 0 Å². The Labute approximate surface area is 417 Å². The number of rotatable bonds is 45. The van der Waals surface area contributed by atoms with Crippen LogP contribution in [0.25, 0.3) is 0 Å². The van der Waals surface area contributed by atoms with Crippen molar-refractivity contribution in [2.24, 2.45) is 0 Å². The maximum Gasteiger partial charge on any atom is 0.335 e. The highest BCUT2D eigenvalue weighted by Gasteiger charge is 2.50. The molecule has 0 aliphatic carbocycles. The summed E-state index contributed by atoms with van der Waals surface area (Å²) in [6, 6.07) is 0. The van der Waals surface area contributed by atoms with Crippen LogP contribution in [0.15, 0.2) is 60.8 Å². The number of aliphatic hydroxyl groups excluding tert-OH is 2. The Morgan fingerprint density at radius 3 is 1.38 bits per heavy atom. The lowest BCUT2D eigenvalue weighted by Gasteiger charge is -2.40. The summed E-state index contributed by atoms with van der Waals surface area (Å²) in [5.74, 6) is -3.19. The first-order valence-electron chi connectivity index (χ1n) is 27.3. The molecule has 0 spiro atoms. The summed E-state index contributed by atoms with van der Waals surface area (Å²) in [5.41, 5.74) is 0. The van der Waals surface area contributed by atoms with E-state index in [1.807, 2.05) is 6.08 Å². The van der Waals surface area contributed by atoms with E-state index in [2.05, 4.69) is 75.5 Å². The molecule has 1 fully saturated rings. The molecule has 0 bridgehead atoms. The van der Waals surface area contributed by atoms with E-state index in [1.54, 1.807) is 0 Å². The molecule has 0 saturated carbocycles. The number of allylic oxidation sites excluding steroid dienone is 10. The zero-order valence-corrected chi connectivity index (χ0v) is 43.3. The molecule has 3 N–H and O–H groups in total. The fraction of sp³-hybridized carbons (Fsp3) is 0.754. The van der Waals surface area contributed by atoms with Crippen LogP contribution in [0.5, 0.6) is 0 Å². The number of hydrogen-bond donors (Lipinski definition) is 3. The number of aliphatic carboxylic acids is 1. The Balaban J connectivity index is 2.74. The van der Waals surface area contributed by atoms with Gasteiger partial charge in [0.2, 0.25) is 0 Å². The number of hydrogen-bond acceptors (Lipinski definition) is 11. The topological polar surface area (TPSA) is 175 Å². The van der Waals surface area contributed by atoms with Crippen molar-refractivity contribution in [1.82, 2.24) is 0 Å². The van der Waals surface area contributed by atoms with Crippen LogP contribution in [0.3, 0.4) is 0 Å². The number of carbonyl (C=O) groups excluding carboxylic acids is 3. The molecule has 6 atom stereocenters. The van der Waals surface area contributed by atoms with Gasteiger partial charge in [-0.3, -0.25) is 14.4 Å². The quantitative estimate of drug-likeness (QED) is 0.0228. The summed E-state index contributed by atoms with van der Waals surface area (Å²) in [4.78, 5) is 50.8. The third kappa shape index (κ3) is 36.1. The highest BCUT2D eigenvalue weighted by atomic mass is 16.7. The minimum Gasteiger partial charge on any atom is -0.479 e. The Kier molecular flexibility index (Phi) is 41.9. The highest BCUT2D eigenvalue weighted by molar-refractivity contribution is 5.74. The van der Waals surface area contributed by atoms with E-state index >= 15 is 0 Å². The van der Waals surface area contributed by atoms with E-state index in [0.717, 1.165) is 77.0 Å². The number of carboxylic acids is 1. The largest absolute Gasteiger partial charge is 0.479 e. The molecule has 6 unspecified atom stereocenters. The van der Waals surface area contributed by atoms with Crippen molar-refractivity contribution in [3.8, 4) is 0 Å². The van der Waals surface area contributed by atoms with Gasteiger partial charge in [0.1, 0.15) is 18.8 Å². The maximum atomic E-state index is 13.1. The molecule has 0 aromatic heterocycles. The second-order valence-electron chi connectivity index (χ2n) is 18.5. The fourth-order valence-corrected chi connectivity index (χ4v) is 7.93. The SMILES string of the molecule is CC/C=C\C/C=C\C/C=C\C/C=C\C/C=C\CCCC(=O)OCC(COC1OC(C(=O)O)C(O)C(O)C1OC(=O)CCCCCCCCCCC)OC(=O)CCCCCCCCCCCCCCC. The normalized spacial score (nSPS) is 19.1. The fourth-order valence-electron chi connectivity index (χ4n) is 7.93. The lowest BCUT2D eigenvalue weighted by molar-refractivity contribution is -0.301. The van der Waals surface area contributed by atoms with Crippen molar-refractivity contribution in [3.63, 3.8) is 0 Å². The second-order valence-corrected chi connectivity index (χ2v) is 18.5. The average Bonchev–Trinajstić information content (AvgIpc) is 3.33. The Hall–Kier alpha value is -3.58. The van der Waals surface area contributed by atoms with Gasteiger partial charge in [0.25, 0.3) is 0 Å². The van der Waals surface area contributed by atoms with Crippen LogP contribution in [-0.4, -0.2) is 89.2 Å². The third-order valence-corrected chi connectivity index (χ3v) is 12.1. The number of ether oxygens (including phenoxy) is 5. The molecule has 1 rings (SSSR count). The Morgan fingerprint density at radius 1 is 0.493 bits per heavy atom. The highest BCUT2D eigenvalue weighted by Crippen LogP contribution is 2.26. The molecule has 1 aliphatic heterocycles. The predicted octanol–water partition coefficient (Wildman–Crippen LogP) is 13.2. The van der Waals surface area contributed by atoms with E-state index in [9.17, 15) is 34.5 Å². The molecule has 12 nitrogen and oxygen atoms in total. The molecule has 0 aromatic carbocycles. The Morgan fingerprint density at radius 2 is 0.913 bits per heavy atom. The number of unbranched alkanes of at least 4 members (excludes halogenated alkanes) is 21. The molecule has 1 saturated heterocycles. The van der Waals surface area contributed by atoms with Crippen molar-refractivity contribution < 1.29 is 58.2 Å². The summed E-state index contributed by atoms with van der Waals surface area (Å²) in [7, 11) is 0. The number of aliphatic hydroxyl groups is 2. The number of carbonyl (C=O) groups is 4. The van der Waals surface area contributed by atoms with Crippen molar-refractivity contribution in [2.45, 2.75) is 263 Å². The molecular weight excluding hydrogens is 877 g/mol. The van der Waals surface area contributed by atoms with Gasteiger partial charge in [-0.2, -0.15) is 0 Å². The molecule has 1 aliphatic rings. The first kappa shape index (κ1) is 63.4. The summed E-state index contributed by atoms with van der Waals surface area (Å²) < 4.78 is 28.2.